The molecule has 0 unspecified atom stereocenters. The summed E-state index contributed by atoms with van der Waals surface area (Å²) in [5, 5.41) is 3.80. The largest absolute Gasteiger partial charge is 0.361 e. The molecule has 1 amide bonds. The lowest BCUT2D eigenvalue weighted by atomic mass is 9.93. The molecule has 1 N–H and O–H groups in total. The minimum absolute atomic E-state index is 0.0454. The Hall–Kier alpha value is -1.66. The number of nitrogens with one attached hydrogen (secondary N) is 1. The highest BCUT2D eigenvalue weighted by atomic mass is 79.9. The number of Topliss-reactive ketones (excluding diaryl/α,β-unsaturated/α-hetero) is 1. The first-order valence-electron chi connectivity index (χ1n) is 8.45. The number of rotatable bonds is 6. The second kappa shape index (κ2) is 6.57. The summed E-state index contributed by atoms with van der Waals surface area (Å²) in [6.45, 7) is 6.29. The summed E-state index contributed by atoms with van der Waals surface area (Å²) in [4.78, 5) is 25.6. The van der Waals surface area contributed by atoms with Crippen molar-refractivity contribution < 1.29 is 14.3 Å². The molecule has 25 heavy (non-hydrogen) atoms. The van der Waals surface area contributed by atoms with Crippen LogP contribution < -0.4 is 5.32 Å². The maximum Gasteiger partial charge on any atom is 0.254 e. The Bertz CT molecular complexity index is 837. The van der Waals surface area contributed by atoms with E-state index in [0.29, 0.717) is 24.5 Å². The van der Waals surface area contributed by atoms with Gasteiger partial charge in [-0.15, -0.1) is 0 Å². The second-order valence-corrected chi connectivity index (χ2v) is 8.27. The first-order chi connectivity index (χ1) is 11.7. The van der Waals surface area contributed by atoms with Crippen molar-refractivity contribution in [3.8, 4) is 0 Å². The predicted molar refractivity (Wildman–Crippen MR) is 101 cm³/mol. The Labute approximate surface area is 155 Å². The quantitative estimate of drug-likeness (QED) is 0.747. The fraction of sp³-hybridized carbons (Fsp3) is 0.474. The van der Waals surface area contributed by atoms with Crippen LogP contribution >= 0.6 is 15.9 Å². The van der Waals surface area contributed by atoms with E-state index in [0.717, 1.165) is 15.4 Å². The average Bonchev–Trinajstić information content (AvgIpc) is 3.20. The highest BCUT2D eigenvalue weighted by Crippen LogP contribution is 2.30. The number of halogens is 1. The molecule has 3 rings (SSSR count). The van der Waals surface area contributed by atoms with Crippen molar-refractivity contribution in [3.05, 3.63) is 34.4 Å². The Morgan fingerprint density at radius 1 is 1.40 bits per heavy atom. The van der Waals surface area contributed by atoms with Crippen LogP contribution in [0.1, 0.15) is 37.6 Å². The maximum absolute atomic E-state index is 12.9. The van der Waals surface area contributed by atoms with Crippen LogP contribution in [-0.2, 0) is 16.6 Å². The van der Waals surface area contributed by atoms with E-state index >= 15 is 0 Å². The molecule has 6 heteroatoms. The van der Waals surface area contributed by atoms with Gasteiger partial charge in [0.1, 0.15) is 5.60 Å². The van der Waals surface area contributed by atoms with Gasteiger partial charge in [-0.2, -0.15) is 0 Å². The number of fused-ring (bicyclic) bond motifs is 1. The van der Waals surface area contributed by atoms with Crippen LogP contribution in [0.5, 0.6) is 0 Å². The van der Waals surface area contributed by atoms with Crippen LogP contribution in [-0.4, -0.2) is 34.5 Å². The van der Waals surface area contributed by atoms with E-state index in [1.54, 1.807) is 13.1 Å². The van der Waals surface area contributed by atoms with Crippen LogP contribution in [0.2, 0.25) is 0 Å². The molecule has 1 saturated heterocycles. The molecule has 2 atom stereocenters. The smallest absolute Gasteiger partial charge is 0.254 e. The lowest BCUT2D eigenvalue weighted by Gasteiger charge is -2.21. The molecular weight excluding hydrogens is 384 g/mol. The summed E-state index contributed by atoms with van der Waals surface area (Å²) in [7, 11) is 1.91. The van der Waals surface area contributed by atoms with E-state index in [4.69, 9.17) is 4.74 Å². The molecule has 0 bridgehead atoms. The lowest BCUT2D eigenvalue weighted by Crippen LogP contribution is -2.46. The number of hydrogen-bond acceptors (Lipinski definition) is 3. The zero-order chi connectivity index (χ0) is 18.4. The van der Waals surface area contributed by atoms with Crippen LogP contribution in [0.25, 0.3) is 10.9 Å². The van der Waals surface area contributed by atoms with Gasteiger partial charge in [0.2, 0.25) is 0 Å². The first-order valence-corrected chi connectivity index (χ1v) is 9.24. The van der Waals surface area contributed by atoms with E-state index in [-0.39, 0.29) is 11.7 Å². The second-order valence-electron chi connectivity index (χ2n) is 7.35. The molecule has 1 aromatic carbocycles. The van der Waals surface area contributed by atoms with Gasteiger partial charge in [0.05, 0.1) is 18.2 Å². The molecule has 1 aliphatic heterocycles. The number of aryl methyl sites for hydroxylation is 1. The van der Waals surface area contributed by atoms with Gasteiger partial charge in [0.25, 0.3) is 5.91 Å². The summed E-state index contributed by atoms with van der Waals surface area (Å²) in [6, 6.07) is 5.30. The summed E-state index contributed by atoms with van der Waals surface area (Å²) in [5.74, 6) is 0.0150. The summed E-state index contributed by atoms with van der Waals surface area (Å²) >= 11 is 3.45. The molecule has 1 fully saturated rings. The van der Waals surface area contributed by atoms with E-state index in [1.165, 1.54) is 0 Å². The van der Waals surface area contributed by atoms with Crippen molar-refractivity contribution in [3.63, 3.8) is 0 Å². The van der Waals surface area contributed by atoms with Gasteiger partial charge >= 0.3 is 0 Å². The van der Waals surface area contributed by atoms with Crippen molar-refractivity contribution in [2.75, 3.05) is 6.61 Å². The molecule has 0 spiro atoms. The SMILES string of the molecule is CC(C)C[C@H](NC(=O)c1cn(C)c2ccc(Br)cc12)C(=O)[C@@]1(C)CO1. The molecule has 1 aromatic heterocycles. The fourth-order valence-corrected chi connectivity index (χ4v) is 3.46. The summed E-state index contributed by atoms with van der Waals surface area (Å²) in [5.41, 5.74) is 0.800. The number of aromatic nitrogens is 1. The van der Waals surface area contributed by atoms with E-state index in [2.05, 4.69) is 21.2 Å². The predicted octanol–water partition coefficient (Wildman–Crippen LogP) is 3.44. The number of hydrogen-bond donors (Lipinski definition) is 1. The number of ketones is 1. The average molecular weight is 407 g/mol. The van der Waals surface area contributed by atoms with E-state index < -0.39 is 11.6 Å². The number of benzene rings is 1. The lowest BCUT2D eigenvalue weighted by molar-refractivity contribution is -0.125. The normalized spacial score (nSPS) is 20.7. The molecule has 134 valence electrons. The van der Waals surface area contributed by atoms with Crippen LogP contribution in [0.4, 0.5) is 0 Å². The Morgan fingerprint density at radius 2 is 2.08 bits per heavy atom. The number of carbonyl (C=O) groups is 2. The highest BCUT2D eigenvalue weighted by molar-refractivity contribution is 9.10. The van der Waals surface area contributed by atoms with Crippen molar-refractivity contribution in [1.82, 2.24) is 9.88 Å². The van der Waals surface area contributed by atoms with Gasteiger partial charge in [-0.25, -0.2) is 0 Å². The molecule has 5 nitrogen and oxygen atoms in total. The summed E-state index contributed by atoms with van der Waals surface area (Å²) in [6.07, 6.45) is 2.40. The first kappa shape index (κ1) is 18.1. The fourth-order valence-electron chi connectivity index (χ4n) is 3.10. The molecule has 2 aromatic rings. The third-order valence-corrected chi connectivity index (χ3v) is 5.12. The van der Waals surface area contributed by atoms with E-state index in [9.17, 15) is 9.59 Å². The topological polar surface area (TPSA) is 63.6 Å². The zero-order valence-corrected chi connectivity index (χ0v) is 16.5. The molecular formula is C19H23BrN2O3. The minimum atomic E-state index is -0.741. The van der Waals surface area contributed by atoms with Crippen molar-refractivity contribution in [1.29, 1.82) is 0 Å². The number of epoxide rings is 1. The van der Waals surface area contributed by atoms with E-state index in [1.807, 2.05) is 43.7 Å². The van der Waals surface area contributed by atoms with Gasteiger partial charge in [-0.1, -0.05) is 29.8 Å². The Kier molecular flexibility index (Phi) is 4.77. The standard InChI is InChI=1S/C19H23BrN2O3/c1-11(2)7-15(17(23)19(3)10-25-19)21-18(24)14-9-22(4)16-6-5-12(20)8-13(14)16/h5-6,8-9,11,15H,7,10H2,1-4H3,(H,21,24)/t15-,19+/m0/s1. The number of amides is 1. The van der Waals surface area contributed by atoms with Crippen molar-refractivity contribution >= 4 is 38.5 Å². The highest BCUT2D eigenvalue weighted by Gasteiger charge is 2.50. The molecule has 0 radical (unpaired) electrons. The van der Waals surface area contributed by atoms with Gasteiger partial charge in [-0.3, -0.25) is 9.59 Å². The summed E-state index contributed by atoms with van der Waals surface area (Å²) < 4.78 is 8.12. The zero-order valence-electron chi connectivity index (χ0n) is 14.9. The number of ether oxygens (including phenoxy) is 1. The van der Waals surface area contributed by atoms with Crippen LogP contribution in [0, 0.1) is 5.92 Å². The number of nitrogens with zero attached hydrogens (tertiary/aromatic N) is 1. The van der Waals surface area contributed by atoms with Gasteiger partial charge in [0.15, 0.2) is 5.78 Å². The molecule has 0 aliphatic carbocycles. The minimum Gasteiger partial charge on any atom is -0.361 e. The Balaban J connectivity index is 1.89. The van der Waals surface area contributed by atoms with Crippen molar-refractivity contribution in [2.24, 2.45) is 13.0 Å². The van der Waals surface area contributed by atoms with Gasteiger partial charge in [0, 0.05) is 28.6 Å². The Morgan fingerprint density at radius 3 is 2.68 bits per heavy atom. The monoisotopic (exact) mass is 406 g/mol. The van der Waals surface area contributed by atoms with Crippen LogP contribution in [0.15, 0.2) is 28.9 Å². The molecule has 1 aliphatic rings. The van der Waals surface area contributed by atoms with Gasteiger partial charge < -0.3 is 14.6 Å². The maximum atomic E-state index is 12.9. The molecule has 2 heterocycles. The van der Waals surface area contributed by atoms with Gasteiger partial charge in [-0.05, 0) is 37.5 Å². The van der Waals surface area contributed by atoms with Crippen LogP contribution in [0.3, 0.4) is 0 Å². The number of carbonyl (C=O) groups excluding carboxylic acids is 2. The molecule has 0 saturated carbocycles. The third-order valence-electron chi connectivity index (χ3n) is 4.62. The third kappa shape index (κ3) is 3.65. The van der Waals surface area contributed by atoms with Crippen molar-refractivity contribution in [2.45, 2.75) is 38.8 Å².